The SMILES string of the molecule is FC(F)(F)C(F)(F)C(F)(F)C(F)(F)C(F)(F)C(F)(F)C(F)(F)C(F)(F)C(F)(F)C(F)(F)C(F)(F)C(F)(F)C(F)(F)C(F)(F)C(F)(F)C(F)(F)C(F)(F)C(F)(F)CCCCCCCCCCCS. The Morgan fingerprint density at radius 3 is 0.507 bits per heavy atom. The van der Waals surface area contributed by atoms with Crippen molar-refractivity contribution in [2.45, 2.75) is 171 Å². The summed E-state index contributed by atoms with van der Waals surface area (Å²) in [6.07, 6.45) is -11.4. The van der Waals surface area contributed by atoms with Gasteiger partial charge in [-0.15, -0.1) is 0 Å². The lowest BCUT2D eigenvalue weighted by atomic mass is 9.82. The van der Waals surface area contributed by atoms with Gasteiger partial charge in [0.15, 0.2) is 0 Å². The molecule has 0 amide bonds. The second-order valence-electron chi connectivity index (χ2n) is 14.0. The fourth-order valence-electron chi connectivity index (χ4n) is 5.02. The van der Waals surface area contributed by atoms with Crippen molar-refractivity contribution in [3.05, 3.63) is 0 Å². The molecule has 0 N–H and O–H groups in total. The third kappa shape index (κ3) is 9.07. The highest BCUT2D eigenvalue weighted by Gasteiger charge is 3.02. The van der Waals surface area contributed by atoms with Crippen molar-refractivity contribution in [2.24, 2.45) is 0 Å². The summed E-state index contributed by atoms with van der Waals surface area (Å²) in [6, 6.07) is 0. The molecule has 0 nitrogen and oxygen atoms in total. The molecule has 0 atom stereocenters. The highest BCUT2D eigenvalue weighted by Crippen LogP contribution is 2.70. The van der Waals surface area contributed by atoms with Crippen molar-refractivity contribution in [1.82, 2.24) is 0 Å². The van der Waals surface area contributed by atoms with Gasteiger partial charge in [0.25, 0.3) is 0 Å². The zero-order valence-corrected chi connectivity index (χ0v) is 32.1. The van der Waals surface area contributed by atoms with Crippen molar-refractivity contribution < 1.29 is 162 Å². The molecule has 0 unspecified atom stereocenters. The van der Waals surface area contributed by atoms with E-state index in [-0.39, 0.29) is 19.3 Å². The highest BCUT2D eigenvalue weighted by molar-refractivity contribution is 7.80. The van der Waals surface area contributed by atoms with Crippen molar-refractivity contribution in [3.8, 4) is 0 Å². The van der Waals surface area contributed by atoms with Gasteiger partial charge in [-0.05, 0) is 18.6 Å². The maximum atomic E-state index is 14.2. The standard InChI is InChI=1S/C29H23F37S/c30-12(31,10-8-6-4-2-1-3-5-7-9-11-67)13(32,33)14(34,35)15(36,37)16(38,39)17(40,41)18(42,43)19(44,45)20(46,47)21(48,49)22(50,51)23(52,53)24(54,55)25(56,57)26(58,59)27(60,61)28(62,63)29(64,65)66/h67H,1-11H2. The van der Waals surface area contributed by atoms with Crippen LogP contribution in [0, 0.1) is 0 Å². The first-order valence-electron chi connectivity index (χ1n) is 16.9. The summed E-state index contributed by atoms with van der Waals surface area (Å²) in [5.74, 6) is -164. The predicted molar refractivity (Wildman–Crippen MR) is 150 cm³/mol. The van der Waals surface area contributed by atoms with Gasteiger partial charge in [0.05, 0.1) is 0 Å². The van der Waals surface area contributed by atoms with E-state index in [0.717, 1.165) is 0 Å². The van der Waals surface area contributed by atoms with E-state index in [1.165, 1.54) is 0 Å². The van der Waals surface area contributed by atoms with Gasteiger partial charge in [0, 0.05) is 6.42 Å². The Kier molecular flexibility index (Phi) is 17.8. The molecule has 0 saturated carbocycles. The number of rotatable bonds is 27. The number of alkyl halides is 37. The first kappa shape index (κ1) is 64.8. The minimum atomic E-state index is -10.4. The topological polar surface area (TPSA) is 0 Å². The van der Waals surface area contributed by atoms with E-state index in [9.17, 15) is 162 Å². The lowest BCUT2D eigenvalue weighted by Gasteiger charge is -2.47. The quantitative estimate of drug-likeness (QED) is 0.0473. The fourth-order valence-corrected chi connectivity index (χ4v) is 5.24. The van der Waals surface area contributed by atoms with Crippen LogP contribution >= 0.6 is 12.6 Å². The molecular weight excluding hydrogens is 1080 g/mol. The largest absolute Gasteiger partial charge is 0.460 e. The lowest BCUT2D eigenvalue weighted by molar-refractivity contribution is -0.493. The summed E-state index contributed by atoms with van der Waals surface area (Å²) in [5, 5.41) is 0. The molecule has 38 heteroatoms. The van der Waals surface area contributed by atoms with E-state index in [1.807, 2.05) is 0 Å². The average molecular weight is 1110 g/mol. The Bertz CT molecular complexity index is 1640. The summed E-state index contributed by atoms with van der Waals surface area (Å²) < 4.78 is 510. The van der Waals surface area contributed by atoms with Gasteiger partial charge in [-0.25, -0.2) is 0 Å². The second kappa shape index (κ2) is 18.4. The monoisotopic (exact) mass is 1110 g/mol. The van der Waals surface area contributed by atoms with E-state index in [2.05, 4.69) is 12.6 Å². The van der Waals surface area contributed by atoms with Crippen LogP contribution in [0.3, 0.4) is 0 Å². The lowest BCUT2D eigenvalue weighted by Crippen LogP contribution is -2.80. The minimum absolute atomic E-state index is 0.0310. The van der Waals surface area contributed by atoms with Gasteiger partial charge in [-0.2, -0.15) is 175 Å². The third-order valence-electron chi connectivity index (χ3n) is 9.38. The molecule has 0 aliphatic rings. The average Bonchev–Trinajstić information content (AvgIpc) is 3.13. The Morgan fingerprint density at radius 1 is 0.179 bits per heavy atom. The zero-order chi connectivity index (χ0) is 54.8. The molecule has 0 bridgehead atoms. The molecular formula is C29H23F37S. The van der Waals surface area contributed by atoms with Crippen LogP contribution in [0.4, 0.5) is 162 Å². The highest BCUT2D eigenvalue weighted by atomic mass is 32.1. The second-order valence-corrected chi connectivity index (χ2v) is 14.5. The van der Waals surface area contributed by atoms with Crippen LogP contribution in [0.15, 0.2) is 0 Å². The first-order valence-corrected chi connectivity index (χ1v) is 17.5. The molecule has 0 saturated heterocycles. The van der Waals surface area contributed by atoms with E-state index >= 15 is 0 Å². The summed E-state index contributed by atoms with van der Waals surface area (Å²) in [4.78, 5) is 0. The zero-order valence-electron chi connectivity index (χ0n) is 31.2. The maximum Gasteiger partial charge on any atom is 0.460 e. The van der Waals surface area contributed by atoms with Crippen molar-refractivity contribution >= 4 is 12.6 Å². The van der Waals surface area contributed by atoms with Crippen LogP contribution in [0.2, 0.25) is 0 Å². The van der Waals surface area contributed by atoms with Crippen LogP contribution in [-0.4, -0.2) is 113 Å². The number of hydrogen-bond donors (Lipinski definition) is 1. The number of thiol groups is 1. The molecule has 0 rings (SSSR count). The van der Waals surface area contributed by atoms with Gasteiger partial charge < -0.3 is 0 Å². The van der Waals surface area contributed by atoms with Crippen LogP contribution in [-0.2, 0) is 0 Å². The van der Waals surface area contributed by atoms with E-state index in [0.29, 0.717) is 31.4 Å². The number of halogens is 37. The predicted octanol–water partition coefficient (Wildman–Crippen LogP) is 16.2. The van der Waals surface area contributed by atoms with Gasteiger partial charge >= 0.3 is 107 Å². The van der Waals surface area contributed by atoms with Gasteiger partial charge in [-0.1, -0.05) is 44.9 Å². The Morgan fingerprint density at radius 2 is 0.328 bits per heavy atom. The van der Waals surface area contributed by atoms with E-state index in [1.54, 1.807) is 0 Å². The number of hydrogen-bond acceptors (Lipinski definition) is 1. The normalized spacial score (nSPS) is 16.6. The summed E-state index contributed by atoms with van der Waals surface area (Å²) in [5.41, 5.74) is 0. The molecule has 0 aliphatic heterocycles. The number of unbranched alkanes of at least 4 members (excludes halogenated alkanes) is 8. The molecule has 404 valence electrons. The van der Waals surface area contributed by atoms with Crippen LogP contribution < -0.4 is 0 Å². The summed E-state index contributed by atoms with van der Waals surface area (Å²) in [6.45, 7) is 0. The van der Waals surface area contributed by atoms with Gasteiger partial charge in [0.2, 0.25) is 0 Å². The van der Waals surface area contributed by atoms with Crippen molar-refractivity contribution in [3.63, 3.8) is 0 Å². The minimum Gasteiger partial charge on any atom is -0.200 e. The van der Waals surface area contributed by atoms with Crippen LogP contribution in [0.1, 0.15) is 64.2 Å². The molecule has 0 aromatic heterocycles. The van der Waals surface area contributed by atoms with E-state index in [4.69, 9.17) is 0 Å². The van der Waals surface area contributed by atoms with Crippen molar-refractivity contribution in [2.75, 3.05) is 5.75 Å². The molecule has 0 aliphatic carbocycles. The Balaban J connectivity index is 7.32. The molecule has 0 aromatic carbocycles. The van der Waals surface area contributed by atoms with E-state index < -0.39 is 126 Å². The molecule has 0 radical (unpaired) electrons. The summed E-state index contributed by atoms with van der Waals surface area (Å²) >= 11 is 3.88. The fraction of sp³-hybridized carbons (Fsp3) is 1.00. The van der Waals surface area contributed by atoms with Crippen LogP contribution in [0.5, 0.6) is 0 Å². The Labute approximate surface area is 352 Å². The summed E-state index contributed by atoms with van der Waals surface area (Å²) in [7, 11) is 0. The van der Waals surface area contributed by atoms with Gasteiger partial charge in [-0.3, -0.25) is 0 Å². The van der Waals surface area contributed by atoms with Crippen molar-refractivity contribution in [1.29, 1.82) is 0 Å². The molecule has 0 spiro atoms. The molecule has 0 heterocycles. The molecule has 0 aromatic rings. The smallest absolute Gasteiger partial charge is 0.200 e. The first-order chi connectivity index (χ1) is 28.8. The van der Waals surface area contributed by atoms with Gasteiger partial charge in [0.1, 0.15) is 0 Å². The van der Waals surface area contributed by atoms with Crippen LogP contribution in [0.25, 0.3) is 0 Å². The molecule has 0 fully saturated rings. The maximum absolute atomic E-state index is 14.2. The third-order valence-corrected chi connectivity index (χ3v) is 9.70. The Hall–Kier alpha value is -2.24. The molecule has 67 heavy (non-hydrogen) atoms.